The fourth-order valence-electron chi connectivity index (χ4n) is 3.00. The van der Waals surface area contributed by atoms with Gasteiger partial charge in [0, 0.05) is 13.1 Å². The second-order valence-corrected chi connectivity index (χ2v) is 5.72. The van der Waals surface area contributed by atoms with Gasteiger partial charge >= 0.3 is 5.97 Å². The molecule has 0 radical (unpaired) electrons. The highest BCUT2D eigenvalue weighted by Gasteiger charge is 2.38. The molecule has 19 heavy (non-hydrogen) atoms. The van der Waals surface area contributed by atoms with Crippen molar-refractivity contribution >= 4 is 5.97 Å². The van der Waals surface area contributed by atoms with Gasteiger partial charge in [-0.2, -0.15) is 0 Å². The van der Waals surface area contributed by atoms with Gasteiger partial charge in [-0.25, -0.2) is 0 Å². The first-order chi connectivity index (χ1) is 9.04. The molecule has 1 saturated heterocycles. The Morgan fingerprint density at radius 3 is 2.63 bits per heavy atom. The standard InChI is InChI=1S/C13H23NO5/c15-7-11-8-19-6-5-14(11)9-13(18)3-1-10(2-4-13)12(16)17/h10-11,15,18H,1-9H2,(H,16,17). The fourth-order valence-corrected chi connectivity index (χ4v) is 3.00. The van der Waals surface area contributed by atoms with Crippen molar-refractivity contribution in [2.24, 2.45) is 5.92 Å². The van der Waals surface area contributed by atoms with Gasteiger partial charge in [-0.3, -0.25) is 9.69 Å². The van der Waals surface area contributed by atoms with E-state index in [1.54, 1.807) is 0 Å². The van der Waals surface area contributed by atoms with E-state index in [0.717, 1.165) is 0 Å². The largest absolute Gasteiger partial charge is 0.481 e. The molecule has 1 heterocycles. The van der Waals surface area contributed by atoms with Gasteiger partial charge in [0.15, 0.2) is 0 Å². The van der Waals surface area contributed by atoms with Crippen molar-refractivity contribution in [3.63, 3.8) is 0 Å². The second-order valence-electron chi connectivity index (χ2n) is 5.72. The number of carbonyl (C=O) groups is 1. The molecule has 1 saturated carbocycles. The Balaban J connectivity index is 1.89. The van der Waals surface area contributed by atoms with Crippen molar-refractivity contribution in [2.45, 2.75) is 37.3 Å². The average molecular weight is 273 g/mol. The Hall–Kier alpha value is -0.690. The van der Waals surface area contributed by atoms with E-state index in [0.29, 0.717) is 52.0 Å². The third-order valence-electron chi connectivity index (χ3n) is 4.32. The Bertz CT molecular complexity index is 314. The van der Waals surface area contributed by atoms with Crippen LogP contribution in [0, 0.1) is 5.92 Å². The highest BCUT2D eigenvalue weighted by molar-refractivity contribution is 5.70. The number of aliphatic carboxylic acids is 1. The van der Waals surface area contributed by atoms with Crippen LogP contribution in [0.2, 0.25) is 0 Å². The van der Waals surface area contributed by atoms with Gasteiger partial charge in [0.2, 0.25) is 0 Å². The number of aliphatic hydroxyl groups is 2. The van der Waals surface area contributed by atoms with Crippen LogP contribution in [0.15, 0.2) is 0 Å². The molecule has 0 aromatic rings. The smallest absolute Gasteiger partial charge is 0.306 e. The number of nitrogens with zero attached hydrogens (tertiary/aromatic N) is 1. The third-order valence-corrected chi connectivity index (χ3v) is 4.32. The number of hydrogen-bond acceptors (Lipinski definition) is 5. The summed E-state index contributed by atoms with van der Waals surface area (Å²) in [5.74, 6) is -1.08. The first-order valence-corrected chi connectivity index (χ1v) is 6.92. The lowest BCUT2D eigenvalue weighted by atomic mass is 9.78. The highest BCUT2D eigenvalue weighted by atomic mass is 16.5. The molecular formula is C13H23NO5. The summed E-state index contributed by atoms with van der Waals surface area (Å²) in [4.78, 5) is 13.0. The molecule has 0 spiro atoms. The number of carboxylic acid groups (broad SMARTS) is 1. The molecule has 3 N–H and O–H groups in total. The first-order valence-electron chi connectivity index (χ1n) is 6.92. The minimum absolute atomic E-state index is 0.0217. The average Bonchev–Trinajstić information content (AvgIpc) is 2.39. The molecule has 1 aliphatic carbocycles. The van der Waals surface area contributed by atoms with Gasteiger partial charge in [-0.05, 0) is 25.7 Å². The van der Waals surface area contributed by atoms with E-state index in [9.17, 15) is 15.0 Å². The van der Waals surface area contributed by atoms with Crippen molar-refractivity contribution in [2.75, 3.05) is 32.9 Å². The molecular weight excluding hydrogens is 250 g/mol. The van der Waals surface area contributed by atoms with Gasteiger partial charge in [-0.15, -0.1) is 0 Å². The summed E-state index contributed by atoms with van der Waals surface area (Å²) in [5.41, 5.74) is -0.823. The van der Waals surface area contributed by atoms with Crippen LogP contribution in [0.3, 0.4) is 0 Å². The van der Waals surface area contributed by atoms with Gasteiger partial charge < -0.3 is 20.1 Å². The Morgan fingerprint density at radius 1 is 1.37 bits per heavy atom. The van der Waals surface area contributed by atoms with Crippen LogP contribution in [0.4, 0.5) is 0 Å². The fraction of sp³-hybridized carbons (Fsp3) is 0.923. The van der Waals surface area contributed by atoms with Crippen molar-refractivity contribution in [1.29, 1.82) is 0 Å². The maximum atomic E-state index is 10.9. The molecule has 2 aliphatic rings. The molecule has 2 fully saturated rings. The summed E-state index contributed by atoms with van der Waals surface area (Å²) in [6.07, 6.45) is 2.08. The summed E-state index contributed by atoms with van der Waals surface area (Å²) in [6, 6.07) is -0.0602. The van der Waals surface area contributed by atoms with Crippen LogP contribution >= 0.6 is 0 Å². The Kier molecular flexibility index (Phi) is 4.78. The maximum absolute atomic E-state index is 10.9. The number of hydrogen-bond donors (Lipinski definition) is 3. The van der Waals surface area contributed by atoms with Crippen LogP contribution in [0.25, 0.3) is 0 Å². The molecule has 6 heteroatoms. The molecule has 0 aromatic heterocycles. The first kappa shape index (κ1) is 14.7. The normalized spacial score (nSPS) is 37.2. The lowest BCUT2D eigenvalue weighted by molar-refractivity contribution is -0.145. The number of aliphatic hydroxyl groups excluding tert-OH is 1. The van der Waals surface area contributed by atoms with Gasteiger partial charge in [0.25, 0.3) is 0 Å². The summed E-state index contributed by atoms with van der Waals surface area (Å²) < 4.78 is 5.31. The number of rotatable bonds is 4. The van der Waals surface area contributed by atoms with Crippen LogP contribution in [0.1, 0.15) is 25.7 Å². The Labute approximate surface area is 113 Å². The highest BCUT2D eigenvalue weighted by Crippen LogP contribution is 2.33. The van der Waals surface area contributed by atoms with E-state index in [1.807, 2.05) is 0 Å². The topological polar surface area (TPSA) is 90.2 Å². The monoisotopic (exact) mass is 273 g/mol. The molecule has 0 aromatic carbocycles. The molecule has 1 atom stereocenters. The van der Waals surface area contributed by atoms with Crippen molar-refractivity contribution in [3.8, 4) is 0 Å². The predicted octanol–water partition coefficient (Wildman–Crippen LogP) is -0.315. The van der Waals surface area contributed by atoms with Gasteiger partial charge in [-0.1, -0.05) is 0 Å². The predicted molar refractivity (Wildman–Crippen MR) is 67.8 cm³/mol. The Morgan fingerprint density at radius 2 is 2.05 bits per heavy atom. The maximum Gasteiger partial charge on any atom is 0.306 e. The SMILES string of the molecule is O=C(O)C1CCC(O)(CN2CCOCC2CO)CC1. The zero-order valence-corrected chi connectivity index (χ0v) is 11.1. The summed E-state index contributed by atoms with van der Waals surface area (Å²) >= 11 is 0. The van der Waals surface area contributed by atoms with E-state index >= 15 is 0 Å². The van der Waals surface area contributed by atoms with E-state index in [4.69, 9.17) is 9.84 Å². The number of carboxylic acids is 1. The van der Waals surface area contributed by atoms with Crippen LogP contribution in [0.5, 0.6) is 0 Å². The van der Waals surface area contributed by atoms with E-state index < -0.39 is 11.6 Å². The lowest BCUT2D eigenvalue weighted by Gasteiger charge is -2.42. The van der Waals surface area contributed by atoms with Gasteiger partial charge in [0.05, 0.1) is 37.4 Å². The minimum atomic E-state index is -0.823. The number of morpholine rings is 1. The molecule has 0 amide bonds. The second kappa shape index (κ2) is 6.17. The van der Waals surface area contributed by atoms with Gasteiger partial charge in [0.1, 0.15) is 0 Å². The quantitative estimate of drug-likeness (QED) is 0.651. The summed E-state index contributed by atoms with van der Waals surface area (Å²) in [7, 11) is 0. The van der Waals surface area contributed by atoms with Crippen LogP contribution in [-0.4, -0.2) is 70.7 Å². The van der Waals surface area contributed by atoms with Crippen LogP contribution in [-0.2, 0) is 9.53 Å². The molecule has 1 unspecified atom stereocenters. The molecule has 6 nitrogen and oxygen atoms in total. The number of ether oxygens (including phenoxy) is 1. The number of β-amino-alcohol motifs (C(OH)–C–C–N with tert-alkyl or cyclic N) is 1. The van der Waals surface area contributed by atoms with Crippen molar-refractivity contribution in [3.05, 3.63) is 0 Å². The minimum Gasteiger partial charge on any atom is -0.481 e. The zero-order valence-electron chi connectivity index (χ0n) is 11.1. The zero-order chi connectivity index (χ0) is 13.9. The van der Waals surface area contributed by atoms with E-state index in [2.05, 4.69) is 4.90 Å². The van der Waals surface area contributed by atoms with Crippen molar-refractivity contribution < 1.29 is 24.9 Å². The lowest BCUT2D eigenvalue weighted by Crippen LogP contribution is -2.54. The molecule has 1 aliphatic heterocycles. The van der Waals surface area contributed by atoms with E-state index in [1.165, 1.54) is 0 Å². The third kappa shape index (κ3) is 3.66. The van der Waals surface area contributed by atoms with E-state index in [-0.39, 0.29) is 18.6 Å². The van der Waals surface area contributed by atoms with Crippen molar-refractivity contribution in [1.82, 2.24) is 4.90 Å². The molecule has 110 valence electrons. The summed E-state index contributed by atoms with van der Waals surface area (Å²) in [6.45, 7) is 2.33. The molecule has 2 rings (SSSR count). The summed E-state index contributed by atoms with van der Waals surface area (Å²) in [5, 5.41) is 28.9. The van der Waals surface area contributed by atoms with Crippen LogP contribution < -0.4 is 0 Å². The molecule has 0 bridgehead atoms.